The van der Waals surface area contributed by atoms with Crippen molar-refractivity contribution in [2.45, 2.75) is 6.54 Å². The molecule has 0 unspecified atom stereocenters. The molecule has 4 rings (SSSR count). The standard InChI is InChI=1S/C21H16FN3O3S/c22-14-5-7-15(8-6-14)28-10-9-25-12-13(16-3-1-2-4-18(16)25)11-17-19(26)23-21(29)24-20(17)27/h1-8,11-12H,9-10H2,(H2,23,24,26,27,29). The highest BCUT2D eigenvalue weighted by Crippen LogP contribution is 2.24. The number of benzene rings is 2. The molecule has 0 spiro atoms. The lowest BCUT2D eigenvalue weighted by Gasteiger charge is -2.16. The van der Waals surface area contributed by atoms with Crippen LogP contribution in [0.15, 0.2) is 60.3 Å². The van der Waals surface area contributed by atoms with Crippen LogP contribution in [-0.2, 0) is 16.1 Å². The summed E-state index contributed by atoms with van der Waals surface area (Å²) in [7, 11) is 0. The van der Waals surface area contributed by atoms with E-state index in [1.165, 1.54) is 12.1 Å². The minimum atomic E-state index is -0.532. The van der Waals surface area contributed by atoms with Crippen LogP contribution in [0, 0.1) is 5.82 Å². The number of nitrogens with one attached hydrogen (secondary N) is 2. The lowest BCUT2D eigenvalue weighted by molar-refractivity contribution is -0.123. The molecule has 0 radical (unpaired) electrons. The van der Waals surface area contributed by atoms with E-state index in [2.05, 4.69) is 10.6 Å². The maximum atomic E-state index is 13.0. The molecule has 2 amide bonds. The van der Waals surface area contributed by atoms with Crippen molar-refractivity contribution in [2.24, 2.45) is 0 Å². The third kappa shape index (κ3) is 4.02. The maximum Gasteiger partial charge on any atom is 0.263 e. The largest absolute Gasteiger partial charge is 0.492 e. The molecule has 8 heteroatoms. The number of halogens is 1. The van der Waals surface area contributed by atoms with E-state index >= 15 is 0 Å². The summed E-state index contributed by atoms with van der Waals surface area (Å²) in [5.74, 6) is -0.801. The Morgan fingerprint density at radius 3 is 2.45 bits per heavy atom. The third-order valence-corrected chi connectivity index (χ3v) is 4.68. The summed E-state index contributed by atoms with van der Waals surface area (Å²) >= 11 is 4.82. The zero-order chi connectivity index (χ0) is 20.4. The number of fused-ring (bicyclic) bond motifs is 1. The first-order chi connectivity index (χ1) is 14.0. The summed E-state index contributed by atoms with van der Waals surface area (Å²) in [6.45, 7) is 0.902. The van der Waals surface area contributed by atoms with Crippen molar-refractivity contribution >= 4 is 46.1 Å². The molecular weight excluding hydrogens is 393 g/mol. The molecule has 6 nitrogen and oxygen atoms in total. The predicted molar refractivity (Wildman–Crippen MR) is 111 cm³/mol. The van der Waals surface area contributed by atoms with Crippen molar-refractivity contribution in [3.8, 4) is 5.75 Å². The molecule has 3 aromatic rings. The van der Waals surface area contributed by atoms with E-state index in [0.717, 1.165) is 16.5 Å². The average molecular weight is 409 g/mol. The van der Waals surface area contributed by atoms with Gasteiger partial charge in [0.05, 0.1) is 6.54 Å². The van der Waals surface area contributed by atoms with Crippen molar-refractivity contribution < 1.29 is 18.7 Å². The van der Waals surface area contributed by atoms with Gasteiger partial charge in [0.15, 0.2) is 5.11 Å². The van der Waals surface area contributed by atoms with E-state index in [1.54, 1.807) is 18.2 Å². The van der Waals surface area contributed by atoms with Gasteiger partial charge in [-0.1, -0.05) is 18.2 Å². The van der Waals surface area contributed by atoms with Gasteiger partial charge in [0.1, 0.15) is 23.7 Å². The minimum Gasteiger partial charge on any atom is -0.492 e. The number of carbonyl (C=O) groups is 2. The van der Waals surface area contributed by atoms with Crippen molar-refractivity contribution in [1.29, 1.82) is 0 Å². The Hall–Kier alpha value is -3.52. The quantitative estimate of drug-likeness (QED) is 0.386. The predicted octanol–water partition coefficient (Wildman–Crippen LogP) is 2.77. The fraction of sp³-hybridized carbons (Fsp3) is 0.0952. The van der Waals surface area contributed by atoms with E-state index in [1.807, 2.05) is 35.0 Å². The number of amides is 2. The van der Waals surface area contributed by atoms with Crippen LogP contribution in [0.4, 0.5) is 4.39 Å². The van der Waals surface area contributed by atoms with Crippen LogP contribution in [0.25, 0.3) is 17.0 Å². The summed E-state index contributed by atoms with van der Waals surface area (Å²) in [6.07, 6.45) is 3.41. The van der Waals surface area contributed by atoms with Crippen molar-refractivity contribution in [2.75, 3.05) is 6.61 Å². The Kier molecular flexibility index (Phi) is 5.09. The molecule has 2 heterocycles. The fourth-order valence-electron chi connectivity index (χ4n) is 3.13. The smallest absolute Gasteiger partial charge is 0.263 e. The minimum absolute atomic E-state index is 0.00230. The number of aromatic nitrogens is 1. The van der Waals surface area contributed by atoms with Crippen LogP contribution in [0.1, 0.15) is 5.56 Å². The SMILES string of the molecule is O=C1NC(=S)NC(=O)C1=Cc1cn(CCOc2ccc(F)cc2)c2ccccc12. The summed E-state index contributed by atoms with van der Waals surface area (Å²) < 4.78 is 20.6. The second kappa shape index (κ2) is 7.84. The second-order valence-corrected chi connectivity index (χ2v) is 6.80. The Balaban J connectivity index is 1.59. The third-order valence-electron chi connectivity index (χ3n) is 4.48. The van der Waals surface area contributed by atoms with E-state index < -0.39 is 11.8 Å². The number of rotatable bonds is 5. The van der Waals surface area contributed by atoms with Gasteiger partial charge < -0.3 is 9.30 Å². The van der Waals surface area contributed by atoms with E-state index in [0.29, 0.717) is 18.9 Å². The van der Waals surface area contributed by atoms with Crippen molar-refractivity contribution in [3.63, 3.8) is 0 Å². The van der Waals surface area contributed by atoms with Gasteiger partial charge in [-0.05, 0) is 48.6 Å². The highest BCUT2D eigenvalue weighted by molar-refractivity contribution is 7.80. The van der Waals surface area contributed by atoms with E-state index in [4.69, 9.17) is 17.0 Å². The van der Waals surface area contributed by atoms with Gasteiger partial charge in [0.25, 0.3) is 11.8 Å². The summed E-state index contributed by atoms with van der Waals surface area (Å²) in [6, 6.07) is 13.5. The molecule has 146 valence electrons. The molecule has 1 aliphatic heterocycles. The summed E-state index contributed by atoms with van der Waals surface area (Å²) in [5.41, 5.74) is 1.66. The molecule has 0 atom stereocenters. The Morgan fingerprint density at radius 2 is 1.72 bits per heavy atom. The van der Waals surface area contributed by atoms with Crippen LogP contribution in [0.5, 0.6) is 5.75 Å². The Morgan fingerprint density at radius 1 is 1.03 bits per heavy atom. The van der Waals surface area contributed by atoms with Crippen LogP contribution >= 0.6 is 12.2 Å². The van der Waals surface area contributed by atoms with Crippen LogP contribution < -0.4 is 15.4 Å². The molecule has 1 aromatic heterocycles. The van der Waals surface area contributed by atoms with E-state index in [9.17, 15) is 14.0 Å². The van der Waals surface area contributed by atoms with Crippen LogP contribution in [0.2, 0.25) is 0 Å². The zero-order valence-corrected chi connectivity index (χ0v) is 16.0. The molecule has 1 fully saturated rings. The molecule has 0 bridgehead atoms. The van der Waals surface area contributed by atoms with Crippen molar-refractivity contribution in [3.05, 3.63) is 71.7 Å². The zero-order valence-electron chi connectivity index (χ0n) is 15.1. The normalized spacial score (nSPS) is 14.0. The molecule has 2 aromatic carbocycles. The van der Waals surface area contributed by atoms with Gasteiger partial charge in [-0.3, -0.25) is 20.2 Å². The van der Waals surface area contributed by atoms with E-state index in [-0.39, 0.29) is 16.5 Å². The molecule has 0 aliphatic carbocycles. The first-order valence-corrected chi connectivity index (χ1v) is 9.27. The molecule has 1 aliphatic rings. The van der Waals surface area contributed by atoms with Gasteiger partial charge in [-0.2, -0.15) is 0 Å². The lowest BCUT2D eigenvalue weighted by Crippen LogP contribution is -2.51. The lowest BCUT2D eigenvalue weighted by atomic mass is 10.1. The Labute approximate surface area is 171 Å². The summed E-state index contributed by atoms with van der Waals surface area (Å²) in [4.78, 5) is 24.3. The maximum absolute atomic E-state index is 13.0. The van der Waals surface area contributed by atoms with Gasteiger partial charge in [-0.15, -0.1) is 0 Å². The highest BCUT2D eigenvalue weighted by Gasteiger charge is 2.26. The first-order valence-electron chi connectivity index (χ1n) is 8.86. The summed E-state index contributed by atoms with van der Waals surface area (Å²) in [5, 5.41) is 5.76. The highest BCUT2D eigenvalue weighted by atomic mass is 32.1. The number of carbonyl (C=O) groups excluding carboxylic acids is 2. The molecule has 29 heavy (non-hydrogen) atoms. The first kappa shape index (κ1) is 18.8. The average Bonchev–Trinajstić information content (AvgIpc) is 3.04. The topological polar surface area (TPSA) is 72.4 Å². The fourth-order valence-corrected chi connectivity index (χ4v) is 3.32. The van der Waals surface area contributed by atoms with Crippen molar-refractivity contribution in [1.82, 2.24) is 15.2 Å². The van der Waals surface area contributed by atoms with Gasteiger partial charge >= 0.3 is 0 Å². The number of hydrogen-bond acceptors (Lipinski definition) is 4. The molecule has 1 saturated heterocycles. The van der Waals surface area contributed by atoms with Gasteiger partial charge in [-0.25, -0.2) is 4.39 Å². The number of para-hydroxylation sites is 1. The Bertz CT molecular complexity index is 1130. The van der Waals surface area contributed by atoms with Gasteiger partial charge in [0.2, 0.25) is 0 Å². The number of ether oxygens (including phenoxy) is 1. The molecular formula is C21H16FN3O3S. The van der Waals surface area contributed by atoms with Crippen LogP contribution in [0.3, 0.4) is 0 Å². The monoisotopic (exact) mass is 409 g/mol. The molecule has 2 N–H and O–H groups in total. The second-order valence-electron chi connectivity index (χ2n) is 6.39. The molecule has 0 saturated carbocycles. The number of hydrogen-bond donors (Lipinski definition) is 2. The number of nitrogens with zero attached hydrogens (tertiary/aromatic N) is 1. The van der Waals surface area contributed by atoms with Crippen LogP contribution in [-0.4, -0.2) is 28.1 Å². The number of thiocarbonyl (C=S) groups is 1. The van der Waals surface area contributed by atoms with Gasteiger partial charge in [0, 0.05) is 22.7 Å².